The van der Waals surface area contributed by atoms with Gasteiger partial charge in [-0.05, 0) is 89.9 Å². The van der Waals surface area contributed by atoms with Gasteiger partial charge in [0.05, 0.1) is 0 Å². The zero-order valence-corrected chi connectivity index (χ0v) is 40.6. The lowest BCUT2D eigenvalue weighted by Gasteiger charge is -2.18. The maximum absolute atomic E-state index is 12.8. The minimum Gasteiger partial charge on any atom is -0.462 e. The number of rotatable bonds is 46. The van der Waals surface area contributed by atoms with Crippen molar-refractivity contribution in [3.63, 3.8) is 0 Å². The van der Waals surface area contributed by atoms with Crippen molar-refractivity contribution in [1.29, 1.82) is 0 Å². The molecule has 62 heavy (non-hydrogen) atoms. The van der Waals surface area contributed by atoms with E-state index in [0.29, 0.717) is 19.3 Å². The normalized spacial score (nSPS) is 12.6. The molecule has 0 aliphatic heterocycles. The van der Waals surface area contributed by atoms with Gasteiger partial charge in [-0.3, -0.25) is 14.4 Å². The molecule has 0 radical (unpaired) electrons. The minimum absolute atomic E-state index is 0.0907. The van der Waals surface area contributed by atoms with Crippen molar-refractivity contribution >= 4 is 17.9 Å². The van der Waals surface area contributed by atoms with E-state index in [1.807, 2.05) is 0 Å². The first-order valence-corrected chi connectivity index (χ1v) is 25.9. The number of hydrogen-bond acceptors (Lipinski definition) is 6. The van der Waals surface area contributed by atoms with Crippen molar-refractivity contribution in [2.45, 2.75) is 252 Å². The summed E-state index contributed by atoms with van der Waals surface area (Å²) in [5.41, 5.74) is 0. The Kier molecular flexibility index (Phi) is 47.9. The van der Waals surface area contributed by atoms with Crippen molar-refractivity contribution in [3.8, 4) is 0 Å². The van der Waals surface area contributed by atoms with Crippen molar-refractivity contribution in [2.24, 2.45) is 0 Å². The van der Waals surface area contributed by atoms with E-state index >= 15 is 0 Å². The summed E-state index contributed by atoms with van der Waals surface area (Å²) in [5.74, 6) is -0.934. The van der Waals surface area contributed by atoms with Gasteiger partial charge < -0.3 is 14.2 Å². The molecule has 0 bridgehead atoms. The van der Waals surface area contributed by atoms with Gasteiger partial charge in [-0.15, -0.1) is 0 Å². The van der Waals surface area contributed by atoms with E-state index in [1.54, 1.807) is 0 Å². The third-order valence-electron chi connectivity index (χ3n) is 10.9. The van der Waals surface area contributed by atoms with Crippen LogP contribution in [0, 0.1) is 0 Å². The molecule has 0 N–H and O–H groups in total. The fourth-order valence-corrected chi connectivity index (χ4v) is 7.05. The lowest BCUT2D eigenvalue weighted by Crippen LogP contribution is -2.30. The molecule has 0 saturated heterocycles. The van der Waals surface area contributed by atoms with E-state index in [2.05, 4.69) is 93.7 Å². The average molecular weight is 865 g/mol. The fraction of sp³-hybridized carbons (Fsp3) is 0.732. The highest BCUT2D eigenvalue weighted by molar-refractivity contribution is 5.71. The van der Waals surface area contributed by atoms with Gasteiger partial charge >= 0.3 is 17.9 Å². The van der Waals surface area contributed by atoms with Crippen molar-refractivity contribution in [2.75, 3.05) is 13.2 Å². The van der Waals surface area contributed by atoms with Crippen LogP contribution < -0.4 is 0 Å². The topological polar surface area (TPSA) is 78.9 Å². The molecule has 1 unspecified atom stereocenters. The van der Waals surface area contributed by atoms with E-state index in [4.69, 9.17) is 14.2 Å². The molecular weight excluding hydrogens is 769 g/mol. The molecule has 0 aromatic rings. The van der Waals surface area contributed by atoms with Gasteiger partial charge in [-0.1, -0.05) is 209 Å². The van der Waals surface area contributed by atoms with Crippen LogP contribution in [0.1, 0.15) is 245 Å². The summed E-state index contributed by atoms with van der Waals surface area (Å²) in [6.45, 7) is 6.46. The van der Waals surface area contributed by atoms with Crippen LogP contribution >= 0.6 is 0 Å². The minimum atomic E-state index is -0.793. The molecular formula is C56H96O6. The third kappa shape index (κ3) is 47.9. The van der Waals surface area contributed by atoms with Crippen LogP contribution in [0.15, 0.2) is 72.9 Å². The number of carbonyl (C=O) groups excluding carboxylic acids is 3. The molecule has 0 amide bonds. The summed E-state index contributed by atoms with van der Waals surface area (Å²) in [6, 6.07) is 0. The molecule has 0 heterocycles. The Bertz CT molecular complexity index is 1180. The number of hydrogen-bond donors (Lipinski definition) is 0. The van der Waals surface area contributed by atoms with Gasteiger partial charge in [0.2, 0.25) is 0 Å². The summed E-state index contributed by atoms with van der Waals surface area (Å²) in [7, 11) is 0. The van der Waals surface area contributed by atoms with Crippen LogP contribution in [0.2, 0.25) is 0 Å². The summed E-state index contributed by atoms with van der Waals surface area (Å²) in [6.07, 6.45) is 63.2. The van der Waals surface area contributed by atoms with Gasteiger partial charge in [0.1, 0.15) is 13.2 Å². The fourth-order valence-electron chi connectivity index (χ4n) is 7.05. The van der Waals surface area contributed by atoms with E-state index < -0.39 is 6.10 Å². The second kappa shape index (κ2) is 50.5. The Morgan fingerprint density at radius 2 is 0.629 bits per heavy atom. The monoisotopic (exact) mass is 865 g/mol. The summed E-state index contributed by atoms with van der Waals surface area (Å²) < 4.78 is 16.7. The molecule has 0 aliphatic carbocycles. The number of allylic oxidation sites excluding steroid dienone is 12. The van der Waals surface area contributed by atoms with Crippen molar-refractivity contribution in [1.82, 2.24) is 0 Å². The van der Waals surface area contributed by atoms with Crippen LogP contribution in [0.25, 0.3) is 0 Å². The highest BCUT2D eigenvalue weighted by atomic mass is 16.6. The van der Waals surface area contributed by atoms with Gasteiger partial charge in [-0.25, -0.2) is 0 Å². The number of esters is 3. The van der Waals surface area contributed by atoms with Crippen LogP contribution in [0.5, 0.6) is 0 Å². The lowest BCUT2D eigenvalue weighted by molar-refractivity contribution is -0.167. The third-order valence-corrected chi connectivity index (χ3v) is 10.9. The number of unbranched alkanes of at least 4 members (excludes halogenated alkanes) is 23. The Hall–Kier alpha value is -3.15. The molecule has 6 nitrogen and oxygen atoms in total. The summed E-state index contributed by atoms with van der Waals surface area (Å²) in [5, 5.41) is 0. The van der Waals surface area contributed by atoms with Crippen LogP contribution in [-0.2, 0) is 28.6 Å². The Morgan fingerprint density at radius 1 is 0.339 bits per heavy atom. The zero-order chi connectivity index (χ0) is 45.1. The van der Waals surface area contributed by atoms with E-state index in [9.17, 15) is 14.4 Å². The molecule has 0 aliphatic rings. The van der Waals surface area contributed by atoms with Gasteiger partial charge in [0.15, 0.2) is 6.10 Å². The molecule has 0 saturated carbocycles. The first-order chi connectivity index (χ1) is 30.5. The van der Waals surface area contributed by atoms with Crippen molar-refractivity contribution < 1.29 is 28.6 Å². The number of carbonyl (C=O) groups is 3. The predicted octanol–water partition coefficient (Wildman–Crippen LogP) is 17.0. The first kappa shape index (κ1) is 58.9. The van der Waals surface area contributed by atoms with Gasteiger partial charge in [0, 0.05) is 19.3 Å². The maximum Gasteiger partial charge on any atom is 0.306 e. The zero-order valence-electron chi connectivity index (χ0n) is 40.6. The molecule has 6 heteroatoms. The Balaban J connectivity index is 4.36. The van der Waals surface area contributed by atoms with Gasteiger partial charge in [0.25, 0.3) is 0 Å². The largest absolute Gasteiger partial charge is 0.462 e. The van der Waals surface area contributed by atoms with E-state index in [1.165, 1.54) is 103 Å². The predicted molar refractivity (Wildman–Crippen MR) is 265 cm³/mol. The summed E-state index contributed by atoms with van der Waals surface area (Å²) in [4.78, 5) is 37.9. The SMILES string of the molecule is CC/C=C\C/C=C\C/C=C\CCCCCC(=O)OC(COC(=O)CCCCCCCC/C=C\C/C=C\C/C=C\CCCCCCC)COC(=O)CCCCCCCCCCCC. The average Bonchev–Trinajstić information content (AvgIpc) is 3.27. The second-order valence-corrected chi connectivity index (χ2v) is 17.1. The second-order valence-electron chi connectivity index (χ2n) is 17.1. The van der Waals surface area contributed by atoms with Crippen LogP contribution in [-0.4, -0.2) is 37.2 Å². The van der Waals surface area contributed by atoms with E-state index in [-0.39, 0.29) is 31.1 Å². The van der Waals surface area contributed by atoms with Gasteiger partial charge in [-0.2, -0.15) is 0 Å². The van der Waals surface area contributed by atoms with E-state index in [0.717, 1.165) is 103 Å². The quantitative estimate of drug-likeness (QED) is 0.0262. The highest BCUT2D eigenvalue weighted by Crippen LogP contribution is 2.14. The molecule has 1 atom stereocenters. The Morgan fingerprint density at radius 3 is 1.00 bits per heavy atom. The smallest absolute Gasteiger partial charge is 0.306 e. The van der Waals surface area contributed by atoms with Crippen LogP contribution in [0.3, 0.4) is 0 Å². The molecule has 0 aromatic carbocycles. The highest BCUT2D eigenvalue weighted by Gasteiger charge is 2.19. The molecule has 0 fully saturated rings. The first-order valence-electron chi connectivity index (χ1n) is 25.9. The molecule has 0 aromatic heterocycles. The Labute approximate surface area is 382 Å². The van der Waals surface area contributed by atoms with Crippen LogP contribution in [0.4, 0.5) is 0 Å². The van der Waals surface area contributed by atoms with Crippen molar-refractivity contribution in [3.05, 3.63) is 72.9 Å². The molecule has 0 rings (SSSR count). The molecule has 356 valence electrons. The maximum atomic E-state index is 12.8. The lowest BCUT2D eigenvalue weighted by atomic mass is 10.1. The molecule has 0 spiro atoms. The summed E-state index contributed by atoms with van der Waals surface area (Å²) >= 11 is 0. The number of ether oxygens (including phenoxy) is 3. The standard InChI is InChI=1S/C56H96O6/c1-4-7-10-13-16-19-22-24-25-26-27-28-29-30-31-33-34-37-40-43-46-49-55(58)61-52-53(51-60-54(57)48-45-42-39-36-21-18-15-12-9-6-3)62-56(59)50-47-44-41-38-35-32-23-20-17-14-11-8-5-2/h8,11,17,20,22,24,26-27,29-30,32,35,53H,4-7,9-10,12-16,18-19,21,23,25,28,31,33-34,36-52H2,1-3H3/b11-8-,20-17-,24-22-,27-26-,30-29-,35-32-.